The average molecular weight is 1310 g/mol. The van der Waals surface area contributed by atoms with Crippen LogP contribution < -0.4 is 21.3 Å². The fourth-order valence-electron chi connectivity index (χ4n) is 11.5. The van der Waals surface area contributed by atoms with Crippen LogP contribution in [-0.2, 0) is 57.5 Å². The minimum Gasteiger partial charge on any atom is -0.390 e. The van der Waals surface area contributed by atoms with Crippen LogP contribution in [0, 0.1) is 35.5 Å². The second-order valence-electron chi connectivity index (χ2n) is 27.2. The standard InChI is InChI=1S/C69H115N11O13/c1-24-26-31-45(13)59(82)58-63(86)72-50(25-2)65(88)74(17)39-54(81)78(21)57(48(16)93-35-30-34-49-32-28-27-29-33-49)62(85)73-55(43(9)10)68(91)75(18)51(36-40(3)4)61(84)70-46(14)60(83)71-47(15)64(87)76(19)52(37-41(5)6)66(89)77(20)53(38-42(7)8)67(90)79(22)56(44(11)12)69(92)80(58)23/h24,26-30,32-34,40-48,50-53,55-59,82H,25,31,35-39H2,1-23H3,(H,70,84)(H,71,83)(H,72,86)(H,73,85)/b26-24+,34-30+/t45-,46+,47-,48-,50+,51+,52+,53-,55+,56+,57+,58+,59-/m1/s1. The summed E-state index contributed by atoms with van der Waals surface area (Å²) in [4.78, 5) is 170. The van der Waals surface area contributed by atoms with Crippen LogP contribution >= 0.6 is 0 Å². The Morgan fingerprint density at radius 3 is 1.51 bits per heavy atom. The normalized spacial score (nSPS) is 25.9. The monoisotopic (exact) mass is 1310 g/mol. The SMILES string of the molecule is C/C=C/C[C@@H](C)[C@@H](O)[C@H]1C(=O)N[C@@H](CC)C(=O)N(C)CC(=O)N(C)[C@@H]([C@@H](C)OC/C=C/c2ccccc2)C(=O)N[C@@H](C(C)C)C(=O)N(C)[C@@H](CC(C)C)C(=O)N[C@@H](C)C(=O)N[C@H](C)C(=O)N(C)[C@@H](CC(C)C)C(=O)N(C)[C@H](CC(C)C)C(=O)N(C)[C@@H](C(C)C)C(=O)N1C. The van der Waals surface area contributed by atoms with Crippen LogP contribution in [0.5, 0.6) is 0 Å². The maximum Gasteiger partial charge on any atom is 0.246 e. The Bertz CT molecular complexity index is 2740. The molecule has 24 nitrogen and oxygen atoms in total. The molecule has 13 atom stereocenters. The van der Waals surface area contributed by atoms with Crippen molar-refractivity contribution in [2.45, 2.75) is 216 Å². The number of aliphatic hydroxyl groups is 1. The molecule has 0 saturated carbocycles. The molecule has 1 aliphatic heterocycles. The smallest absolute Gasteiger partial charge is 0.246 e. The van der Waals surface area contributed by atoms with Crippen LogP contribution in [0.4, 0.5) is 0 Å². The molecule has 0 bridgehead atoms. The molecule has 1 fully saturated rings. The van der Waals surface area contributed by atoms with Crippen molar-refractivity contribution in [1.29, 1.82) is 0 Å². The Morgan fingerprint density at radius 1 is 0.516 bits per heavy atom. The summed E-state index contributed by atoms with van der Waals surface area (Å²) >= 11 is 0. The predicted molar refractivity (Wildman–Crippen MR) is 360 cm³/mol. The lowest BCUT2D eigenvalue weighted by Gasteiger charge is -2.41. The van der Waals surface area contributed by atoms with Gasteiger partial charge in [-0.3, -0.25) is 52.7 Å². The fraction of sp³-hybridized carbons (Fsp3) is 0.696. The van der Waals surface area contributed by atoms with E-state index in [9.17, 15) is 43.5 Å². The molecule has 1 aromatic rings. The quantitative estimate of drug-likeness (QED) is 0.128. The molecule has 0 aromatic heterocycles. The van der Waals surface area contributed by atoms with Gasteiger partial charge in [-0.25, -0.2) is 0 Å². The molecule has 5 N–H and O–H groups in total. The van der Waals surface area contributed by atoms with Crippen molar-refractivity contribution >= 4 is 71.1 Å². The number of ether oxygens (including phenoxy) is 1. The van der Waals surface area contributed by atoms with E-state index in [1.807, 2.05) is 78.0 Å². The van der Waals surface area contributed by atoms with Gasteiger partial charge in [0.2, 0.25) is 65.0 Å². The largest absolute Gasteiger partial charge is 0.390 e. The molecule has 1 aromatic carbocycles. The van der Waals surface area contributed by atoms with E-state index >= 15 is 14.4 Å². The number of hydrogen-bond donors (Lipinski definition) is 5. The summed E-state index contributed by atoms with van der Waals surface area (Å²) in [5, 5.41) is 23.2. The number of rotatable bonds is 18. The van der Waals surface area contributed by atoms with Gasteiger partial charge in [-0.15, -0.1) is 0 Å². The van der Waals surface area contributed by atoms with Crippen LogP contribution in [0.2, 0.25) is 0 Å². The molecule has 524 valence electrons. The zero-order valence-electron chi connectivity index (χ0n) is 60.0. The second kappa shape index (κ2) is 38.2. The van der Waals surface area contributed by atoms with Gasteiger partial charge >= 0.3 is 0 Å². The lowest BCUT2D eigenvalue weighted by molar-refractivity contribution is -0.157. The van der Waals surface area contributed by atoms with Gasteiger partial charge in [0.05, 0.1) is 25.4 Å². The molecule has 1 saturated heterocycles. The van der Waals surface area contributed by atoms with Gasteiger partial charge in [-0.2, -0.15) is 0 Å². The first-order chi connectivity index (χ1) is 43.3. The van der Waals surface area contributed by atoms with Crippen molar-refractivity contribution in [3.8, 4) is 0 Å². The van der Waals surface area contributed by atoms with Crippen molar-refractivity contribution in [2.24, 2.45) is 35.5 Å². The van der Waals surface area contributed by atoms with Crippen LogP contribution in [-0.4, -0.2) is 239 Å². The number of aliphatic hydroxyl groups excluding tert-OH is 1. The van der Waals surface area contributed by atoms with Gasteiger partial charge in [0.1, 0.15) is 60.4 Å². The number of nitrogens with one attached hydrogen (secondary N) is 4. The summed E-state index contributed by atoms with van der Waals surface area (Å²) in [6, 6.07) is -3.53. The Labute approximate surface area is 554 Å². The number of benzene rings is 1. The highest BCUT2D eigenvalue weighted by molar-refractivity contribution is 5.99. The van der Waals surface area contributed by atoms with Gasteiger partial charge in [-0.1, -0.05) is 138 Å². The first-order valence-electron chi connectivity index (χ1n) is 33.0. The summed E-state index contributed by atoms with van der Waals surface area (Å²) < 4.78 is 6.21. The minimum atomic E-state index is -1.64. The highest BCUT2D eigenvalue weighted by Gasteiger charge is 2.46. The van der Waals surface area contributed by atoms with E-state index in [4.69, 9.17) is 4.74 Å². The van der Waals surface area contributed by atoms with Crippen molar-refractivity contribution in [3.05, 3.63) is 54.1 Å². The summed E-state index contributed by atoms with van der Waals surface area (Å²) in [7, 11) is 9.80. The van der Waals surface area contributed by atoms with Crippen molar-refractivity contribution in [1.82, 2.24) is 55.6 Å². The molecular formula is C69H115N11O13. The van der Waals surface area contributed by atoms with Crippen LogP contribution in [0.25, 0.3) is 6.08 Å². The van der Waals surface area contributed by atoms with E-state index < -0.39 is 162 Å². The van der Waals surface area contributed by atoms with E-state index in [0.717, 1.165) is 20.3 Å². The van der Waals surface area contributed by atoms with E-state index in [-0.39, 0.29) is 50.0 Å². The summed E-state index contributed by atoms with van der Waals surface area (Å²) in [5.74, 6) is -10.2. The maximum absolute atomic E-state index is 15.2. The molecule has 0 radical (unpaired) electrons. The number of carbonyl (C=O) groups excluding carboxylic acids is 11. The second-order valence-corrected chi connectivity index (χ2v) is 27.2. The average Bonchev–Trinajstić information content (AvgIpc) is 0.818. The molecule has 11 amide bonds. The third-order valence-electron chi connectivity index (χ3n) is 17.3. The van der Waals surface area contributed by atoms with Gasteiger partial charge in [0, 0.05) is 49.3 Å². The number of nitrogens with zero attached hydrogens (tertiary/aromatic N) is 7. The fourth-order valence-corrected chi connectivity index (χ4v) is 11.5. The summed E-state index contributed by atoms with van der Waals surface area (Å²) in [5.41, 5.74) is 0.884. The number of amides is 11. The summed E-state index contributed by atoms with van der Waals surface area (Å²) in [6.45, 7) is 27.0. The molecular weight excluding hydrogens is 1190 g/mol. The lowest BCUT2D eigenvalue weighted by Crippen LogP contribution is -2.63. The highest BCUT2D eigenvalue weighted by atomic mass is 16.5. The Kier molecular flexibility index (Phi) is 33.7. The first kappa shape index (κ1) is 81.9. The summed E-state index contributed by atoms with van der Waals surface area (Å²) in [6.07, 6.45) is 5.27. The molecule has 0 aliphatic carbocycles. The van der Waals surface area contributed by atoms with Gasteiger partial charge in [-0.05, 0) is 101 Å². The number of hydrogen-bond acceptors (Lipinski definition) is 13. The van der Waals surface area contributed by atoms with E-state index in [1.54, 1.807) is 73.6 Å². The molecule has 0 spiro atoms. The molecule has 24 heteroatoms. The van der Waals surface area contributed by atoms with E-state index in [0.29, 0.717) is 6.42 Å². The molecule has 1 aliphatic rings. The zero-order valence-corrected chi connectivity index (χ0v) is 60.0. The third kappa shape index (κ3) is 23.3. The molecule has 93 heavy (non-hydrogen) atoms. The van der Waals surface area contributed by atoms with E-state index in [1.165, 1.54) is 82.8 Å². The van der Waals surface area contributed by atoms with Gasteiger partial charge in [0.15, 0.2) is 0 Å². The third-order valence-corrected chi connectivity index (χ3v) is 17.3. The molecule has 0 unspecified atom stereocenters. The first-order valence-corrected chi connectivity index (χ1v) is 33.0. The number of carbonyl (C=O) groups is 11. The number of likely N-dealkylation sites (N-methyl/N-ethyl adjacent to an activating group) is 7. The Balaban J connectivity index is 3.01. The maximum atomic E-state index is 15.2. The number of allylic oxidation sites excluding steroid dienone is 2. The van der Waals surface area contributed by atoms with Crippen LogP contribution in [0.1, 0.15) is 148 Å². The molecule has 2 rings (SSSR count). The van der Waals surface area contributed by atoms with Crippen molar-refractivity contribution in [2.75, 3.05) is 62.5 Å². The minimum absolute atomic E-state index is 0.00420. The van der Waals surface area contributed by atoms with Crippen molar-refractivity contribution < 1.29 is 62.6 Å². The molecule has 1 heterocycles. The van der Waals surface area contributed by atoms with Crippen molar-refractivity contribution in [3.63, 3.8) is 0 Å². The predicted octanol–water partition coefficient (Wildman–Crippen LogP) is 4.34. The van der Waals surface area contributed by atoms with Crippen LogP contribution in [0.3, 0.4) is 0 Å². The zero-order chi connectivity index (χ0) is 71.2. The topological polar surface area (TPSA) is 288 Å². The van der Waals surface area contributed by atoms with E-state index in [2.05, 4.69) is 21.3 Å². The highest BCUT2D eigenvalue weighted by Crippen LogP contribution is 2.26. The van der Waals surface area contributed by atoms with Gasteiger partial charge in [0.25, 0.3) is 0 Å². The Hall–Kier alpha value is -7.21. The van der Waals surface area contributed by atoms with Crippen LogP contribution in [0.15, 0.2) is 48.6 Å². The van der Waals surface area contributed by atoms with Gasteiger partial charge < -0.3 is 65.4 Å². The lowest BCUT2D eigenvalue weighted by atomic mass is 9.91. The Morgan fingerprint density at radius 2 is 1.00 bits per heavy atom.